The van der Waals surface area contributed by atoms with E-state index in [1.165, 1.54) is 6.42 Å². The Kier molecular flexibility index (Phi) is 11.2. The maximum atomic E-state index is 12.0. The van der Waals surface area contributed by atoms with Gasteiger partial charge in [-0.2, -0.15) is 0 Å². The van der Waals surface area contributed by atoms with E-state index < -0.39 is 0 Å². The summed E-state index contributed by atoms with van der Waals surface area (Å²) in [4.78, 5) is 22.8. The van der Waals surface area contributed by atoms with E-state index in [2.05, 4.69) is 20.6 Å². The number of rotatable bonds is 7. The molecule has 1 aromatic heterocycles. The van der Waals surface area contributed by atoms with E-state index >= 15 is 0 Å². The van der Waals surface area contributed by atoms with Gasteiger partial charge in [-0.25, -0.2) is 4.99 Å². The Hall–Kier alpha value is -1.38. The molecule has 1 saturated heterocycles. The van der Waals surface area contributed by atoms with E-state index in [9.17, 15) is 4.79 Å². The van der Waals surface area contributed by atoms with E-state index in [-0.39, 0.29) is 24.0 Å². The van der Waals surface area contributed by atoms with Gasteiger partial charge in [0.25, 0.3) is 0 Å². The Morgan fingerprint density at radius 2 is 2.16 bits per heavy atom. The molecule has 0 bridgehead atoms. The highest BCUT2D eigenvalue weighted by Crippen LogP contribution is 2.11. The van der Waals surface area contributed by atoms with Crippen LogP contribution in [0.4, 0.5) is 0 Å². The second-order valence-corrected chi connectivity index (χ2v) is 5.99. The van der Waals surface area contributed by atoms with Crippen LogP contribution >= 0.6 is 24.0 Å². The highest BCUT2D eigenvalue weighted by Gasteiger charge is 2.15. The minimum absolute atomic E-state index is 0. The summed E-state index contributed by atoms with van der Waals surface area (Å²) in [7, 11) is 0. The van der Waals surface area contributed by atoms with Crippen LogP contribution in [0.1, 0.15) is 44.7 Å². The van der Waals surface area contributed by atoms with E-state index in [0.717, 1.165) is 57.1 Å². The summed E-state index contributed by atoms with van der Waals surface area (Å²) in [6.07, 6.45) is 6.77. The van der Waals surface area contributed by atoms with Gasteiger partial charge in [-0.3, -0.25) is 9.78 Å². The molecule has 0 radical (unpaired) electrons. The Morgan fingerprint density at radius 3 is 2.92 bits per heavy atom. The third kappa shape index (κ3) is 8.51. The van der Waals surface area contributed by atoms with Crippen molar-refractivity contribution in [2.24, 2.45) is 4.99 Å². The summed E-state index contributed by atoms with van der Waals surface area (Å²) in [5.41, 5.74) is 0.949. The van der Waals surface area contributed by atoms with Crippen LogP contribution in [0.2, 0.25) is 0 Å². The number of guanidine groups is 1. The van der Waals surface area contributed by atoms with Gasteiger partial charge in [0.2, 0.25) is 5.91 Å². The van der Waals surface area contributed by atoms with Gasteiger partial charge in [-0.15, -0.1) is 24.0 Å². The number of hydrogen-bond donors (Lipinski definition) is 2. The molecule has 0 unspecified atom stereocenters. The van der Waals surface area contributed by atoms with Gasteiger partial charge < -0.3 is 15.5 Å². The summed E-state index contributed by atoms with van der Waals surface area (Å²) in [6, 6.07) is 5.84. The fourth-order valence-electron chi connectivity index (χ4n) is 2.75. The van der Waals surface area contributed by atoms with Gasteiger partial charge in [-0.1, -0.05) is 12.5 Å². The Labute approximate surface area is 167 Å². The van der Waals surface area contributed by atoms with Crippen LogP contribution < -0.4 is 10.6 Å². The number of halogens is 1. The van der Waals surface area contributed by atoms with Gasteiger partial charge >= 0.3 is 0 Å². The lowest BCUT2D eigenvalue weighted by atomic mass is 10.2. The van der Waals surface area contributed by atoms with Crippen LogP contribution in [0.15, 0.2) is 29.4 Å². The predicted molar refractivity (Wildman–Crippen MR) is 112 cm³/mol. The first kappa shape index (κ1) is 21.7. The van der Waals surface area contributed by atoms with Crippen LogP contribution in [-0.2, 0) is 11.3 Å². The van der Waals surface area contributed by atoms with E-state index in [1.54, 1.807) is 6.20 Å². The summed E-state index contributed by atoms with van der Waals surface area (Å²) in [5, 5.41) is 6.57. The SMILES string of the molecule is CCNC(=NCc1ccccn1)NCCCN1CCCCCC1=O.I. The number of hydrogen-bond acceptors (Lipinski definition) is 3. The van der Waals surface area contributed by atoms with Crippen molar-refractivity contribution in [2.75, 3.05) is 26.2 Å². The molecule has 7 heteroatoms. The van der Waals surface area contributed by atoms with E-state index in [4.69, 9.17) is 0 Å². The molecule has 0 aliphatic carbocycles. The largest absolute Gasteiger partial charge is 0.357 e. The number of carbonyl (C=O) groups excluding carboxylic acids is 1. The third-order valence-electron chi connectivity index (χ3n) is 4.04. The third-order valence-corrected chi connectivity index (χ3v) is 4.04. The first-order chi connectivity index (χ1) is 11.8. The van der Waals surface area contributed by atoms with E-state index in [0.29, 0.717) is 18.9 Å². The second kappa shape index (κ2) is 12.9. The number of nitrogens with one attached hydrogen (secondary N) is 2. The minimum Gasteiger partial charge on any atom is -0.357 e. The molecule has 1 fully saturated rings. The molecular weight excluding hydrogens is 429 g/mol. The topological polar surface area (TPSA) is 69.6 Å². The summed E-state index contributed by atoms with van der Waals surface area (Å²) in [6.45, 7) is 5.96. The molecule has 2 rings (SSSR count). The van der Waals surface area contributed by atoms with Crippen molar-refractivity contribution in [1.29, 1.82) is 0 Å². The number of amides is 1. The molecule has 2 heterocycles. The van der Waals surface area contributed by atoms with Crippen molar-refractivity contribution in [3.8, 4) is 0 Å². The van der Waals surface area contributed by atoms with Gasteiger partial charge in [0.15, 0.2) is 5.96 Å². The van der Waals surface area contributed by atoms with Gasteiger partial charge in [0, 0.05) is 38.8 Å². The molecular formula is C18H30IN5O. The maximum absolute atomic E-state index is 12.0. The number of nitrogens with zero attached hydrogens (tertiary/aromatic N) is 3. The molecule has 0 aromatic carbocycles. The molecule has 140 valence electrons. The lowest BCUT2D eigenvalue weighted by Gasteiger charge is -2.20. The number of likely N-dealkylation sites (tertiary alicyclic amines) is 1. The van der Waals surface area contributed by atoms with Crippen molar-refractivity contribution < 1.29 is 4.79 Å². The zero-order valence-electron chi connectivity index (χ0n) is 15.0. The zero-order chi connectivity index (χ0) is 17.0. The number of pyridine rings is 1. The Bertz CT molecular complexity index is 523. The molecule has 2 N–H and O–H groups in total. The molecule has 1 aliphatic rings. The van der Waals surface area contributed by atoms with Gasteiger partial charge in [0.05, 0.1) is 12.2 Å². The normalized spacial score (nSPS) is 15.3. The minimum atomic E-state index is 0. The average molecular weight is 459 g/mol. The van der Waals surface area contributed by atoms with Gasteiger partial charge in [-0.05, 0) is 38.3 Å². The van der Waals surface area contributed by atoms with Crippen LogP contribution in [0.25, 0.3) is 0 Å². The number of aliphatic imine (C=N–C) groups is 1. The first-order valence-electron chi connectivity index (χ1n) is 8.99. The summed E-state index contributed by atoms with van der Waals surface area (Å²) < 4.78 is 0. The smallest absolute Gasteiger partial charge is 0.222 e. The van der Waals surface area contributed by atoms with Crippen molar-refractivity contribution in [2.45, 2.75) is 45.6 Å². The standard InChI is InChI=1S/C18H29N5O.HI/c1-2-19-18(22-15-16-9-5-6-11-20-16)21-12-8-14-23-13-7-3-4-10-17(23)24;/h5-6,9,11H,2-4,7-8,10,12-15H2,1H3,(H2,19,21,22);1H. The quantitative estimate of drug-likeness (QED) is 0.285. The predicted octanol–water partition coefficient (Wildman–Crippen LogP) is 2.55. The Morgan fingerprint density at radius 1 is 1.28 bits per heavy atom. The van der Waals surface area contributed by atoms with Crippen molar-refractivity contribution in [1.82, 2.24) is 20.5 Å². The van der Waals surface area contributed by atoms with Gasteiger partial charge in [0.1, 0.15) is 0 Å². The maximum Gasteiger partial charge on any atom is 0.222 e. The average Bonchev–Trinajstić information content (AvgIpc) is 2.81. The van der Waals surface area contributed by atoms with Crippen molar-refractivity contribution in [3.63, 3.8) is 0 Å². The summed E-state index contributed by atoms with van der Waals surface area (Å²) >= 11 is 0. The number of aromatic nitrogens is 1. The van der Waals surface area contributed by atoms with Crippen molar-refractivity contribution in [3.05, 3.63) is 30.1 Å². The highest BCUT2D eigenvalue weighted by atomic mass is 127. The molecule has 25 heavy (non-hydrogen) atoms. The van der Waals surface area contributed by atoms with Crippen LogP contribution in [0, 0.1) is 0 Å². The fraction of sp³-hybridized carbons (Fsp3) is 0.611. The molecule has 0 spiro atoms. The van der Waals surface area contributed by atoms with Crippen LogP contribution in [-0.4, -0.2) is 47.9 Å². The molecule has 0 atom stereocenters. The molecule has 1 aromatic rings. The zero-order valence-corrected chi connectivity index (χ0v) is 17.4. The molecule has 1 amide bonds. The molecule has 6 nitrogen and oxygen atoms in total. The van der Waals surface area contributed by atoms with Crippen LogP contribution in [0.3, 0.4) is 0 Å². The Balaban J connectivity index is 0.00000312. The highest BCUT2D eigenvalue weighted by molar-refractivity contribution is 14.0. The monoisotopic (exact) mass is 459 g/mol. The molecule has 1 aliphatic heterocycles. The molecule has 0 saturated carbocycles. The number of carbonyl (C=O) groups is 1. The first-order valence-corrected chi connectivity index (χ1v) is 8.99. The summed E-state index contributed by atoms with van der Waals surface area (Å²) in [5.74, 6) is 1.11. The fourth-order valence-corrected chi connectivity index (χ4v) is 2.75. The lowest BCUT2D eigenvalue weighted by Crippen LogP contribution is -2.39. The van der Waals surface area contributed by atoms with Crippen molar-refractivity contribution >= 4 is 35.8 Å². The van der Waals surface area contributed by atoms with E-state index in [1.807, 2.05) is 30.0 Å². The lowest BCUT2D eigenvalue weighted by molar-refractivity contribution is -0.130. The van der Waals surface area contributed by atoms with Crippen LogP contribution in [0.5, 0.6) is 0 Å². The second-order valence-electron chi connectivity index (χ2n) is 5.99.